The fraction of sp³-hybridized carbons (Fsp3) is 0.500. The topological polar surface area (TPSA) is 75.6 Å². The molecule has 1 aromatic carbocycles. The van der Waals surface area contributed by atoms with Crippen LogP contribution in [0.4, 0.5) is 0 Å². The number of aliphatic carboxylic acids is 1. The number of hydrogen-bond donors (Lipinski definition) is 2. The molecule has 5 heteroatoms. The van der Waals surface area contributed by atoms with E-state index in [9.17, 15) is 9.59 Å². The summed E-state index contributed by atoms with van der Waals surface area (Å²) in [7, 11) is 0. The molecule has 0 aliphatic rings. The molecule has 1 unspecified atom stereocenters. The van der Waals surface area contributed by atoms with Gasteiger partial charge in [-0.3, -0.25) is 4.79 Å². The molecule has 0 heterocycles. The summed E-state index contributed by atoms with van der Waals surface area (Å²) in [5.41, 5.74) is -0.153. The van der Waals surface area contributed by atoms with Crippen molar-refractivity contribution in [2.75, 3.05) is 6.61 Å². The maximum absolute atomic E-state index is 11.8. The highest BCUT2D eigenvalue weighted by atomic mass is 16.5. The van der Waals surface area contributed by atoms with E-state index >= 15 is 0 Å². The normalized spacial score (nSPS) is 13.3. The van der Waals surface area contributed by atoms with Crippen LogP contribution in [0.1, 0.15) is 38.7 Å². The molecule has 0 fully saturated rings. The van der Waals surface area contributed by atoms with E-state index in [1.165, 1.54) is 6.92 Å². The zero-order valence-corrected chi connectivity index (χ0v) is 12.8. The quantitative estimate of drug-likeness (QED) is 0.722. The van der Waals surface area contributed by atoms with E-state index < -0.39 is 11.5 Å². The molecule has 0 spiro atoms. The lowest BCUT2D eigenvalue weighted by molar-refractivity contribution is -0.147. The van der Waals surface area contributed by atoms with E-state index in [1.54, 1.807) is 6.92 Å². The highest BCUT2D eigenvalue weighted by Crippen LogP contribution is 2.16. The van der Waals surface area contributed by atoms with Crippen molar-refractivity contribution in [3.05, 3.63) is 29.8 Å². The van der Waals surface area contributed by atoms with Crippen LogP contribution in [0.15, 0.2) is 24.3 Å². The molecule has 0 radical (unpaired) electrons. The number of benzene rings is 1. The summed E-state index contributed by atoms with van der Waals surface area (Å²) in [6, 6.07) is 7.68. The molecule has 0 saturated heterocycles. The van der Waals surface area contributed by atoms with Gasteiger partial charge in [-0.1, -0.05) is 25.1 Å². The summed E-state index contributed by atoms with van der Waals surface area (Å²) in [6.45, 7) is 5.63. The van der Waals surface area contributed by atoms with Crippen molar-refractivity contribution in [1.82, 2.24) is 5.32 Å². The summed E-state index contributed by atoms with van der Waals surface area (Å²) >= 11 is 0. The first-order valence-corrected chi connectivity index (χ1v) is 7.12. The minimum atomic E-state index is -1.20. The summed E-state index contributed by atoms with van der Waals surface area (Å²) < 4.78 is 5.59. The van der Waals surface area contributed by atoms with E-state index in [1.807, 2.05) is 31.2 Å². The van der Waals surface area contributed by atoms with Crippen molar-refractivity contribution in [3.8, 4) is 5.75 Å². The zero-order chi connectivity index (χ0) is 15.9. The Morgan fingerprint density at radius 3 is 2.57 bits per heavy atom. The fourth-order valence-corrected chi connectivity index (χ4v) is 1.80. The molecule has 0 saturated carbocycles. The standard InChI is InChI=1S/C16H23NO4/c1-4-16(3,15(19)20)17-14(18)10-7-11-21-13-9-6-5-8-12(13)2/h5-6,8-9H,4,7,10-11H2,1-3H3,(H,17,18)(H,19,20). The molecule has 1 aromatic rings. The minimum absolute atomic E-state index is 0.245. The van der Waals surface area contributed by atoms with E-state index in [2.05, 4.69) is 5.32 Å². The SMILES string of the molecule is CCC(C)(NC(=O)CCCOc1ccccc1C)C(=O)O. The molecule has 0 aliphatic heterocycles. The third-order valence-electron chi connectivity index (χ3n) is 3.49. The Labute approximate surface area is 125 Å². The Bertz CT molecular complexity index is 501. The first kappa shape index (κ1) is 17.0. The highest BCUT2D eigenvalue weighted by Gasteiger charge is 2.32. The van der Waals surface area contributed by atoms with Crippen molar-refractivity contribution < 1.29 is 19.4 Å². The number of nitrogens with one attached hydrogen (secondary N) is 1. The molecule has 0 bridgehead atoms. The first-order valence-electron chi connectivity index (χ1n) is 7.12. The van der Waals surface area contributed by atoms with Crippen LogP contribution < -0.4 is 10.1 Å². The zero-order valence-electron chi connectivity index (χ0n) is 12.8. The number of carbonyl (C=O) groups is 2. The van der Waals surface area contributed by atoms with E-state index in [0.29, 0.717) is 19.4 Å². The van der Waals surface area contributed by atoms with Crippen molar-refractivity contribution in [1.29, 1.82) is 0 Å². The van der Waals surface area contributed by atoms with Crippen LogP contribution in [-0.2, 0) is 9.59 Å². The number of carboxylic acids is 1. The first-order chi connectivity index (χ1) is 9.89. The lowest BCUT2D eigenvalue weighted by atomic mass is 9.99. The van der Waals surface area contributed by atoms with Crippen LogP contribution in [0.3, 0.4) is 0 Å². The Morgan fingerprint density at radius 2 is 2.00 bits per heavy atom. The molecule has 21 heavy (non-hydrogen) atoms. The van der Waals surface area contributed by atoms with Crippen molar-refractivity contribution in [2.24, 2.45) is 0 Å². The van der Waals surface area contributed by atoms with Crippen LogP contribution in [0.25, 0.3) is 0 Å². The molecule has 2 N–H and O–H groups in total. The van der Waals surface area contributed by atoms with Gasteiger partial charge in [0.05, 0.1) is 6.61 Å². The second-order valence-corrected chi connectivity index (χ2v) is 5.26. The molecule has 5 nitrogen and oxygen atoms in total. The maximum Gasteiger partial charge on any atom is 0.329 e. The van der Waals surface area contributed by atoms with Crippen LogP contribution in [0.2, 0.25) is 0 Å². The van der Waals surface area contributed by atoms with Crippen LogP contribution in [-0.4, -0.2) is 29.1 Å². The number of ether oxygens (including phenoxy) is 1. The Hall–Kier alpha value is -2.04. The second-order valence-electron chi connectivity index (χ2n) is 5.26. The summed E-state index contributed by atoms with van der Waals surface area (Å²) in [6.07, 6.45) is 1.13. The summed E-state index contributed by atoms with van der Waals surface area (Å²) in [5, 5.41) is 11.7. The second kappa shape index (κ2) is 7.67. The Kier molecular flexibility index (Phi) is 6.21. The molecule has 1 atom stereocenters. The molecule has 0 aromatic heterocycles. The van der Waals surface area contributed by atoms with Gasteiger partial charge in [-0.25, -0.2) is 4.79 Å². The van der Waals surface area contributed by atoms with E-state index in [-0.39, 0.29) is 12.3 Å². The predicted molar refractivity (Wildman–Crippen MR) is 80.4 cm³/mol. The number of rotatable bonds is 8. The average molecular weight is 293 g/mol. The molecular weight excluding hydrogens is 270 g/mol. The number of aryl methyl sites for hydroxylation is 1. The van der Waals surface area contributed by atoms with Gasteiger partial charge in [0, 0.05) is 6.42 Å². The Balaban J connectivity index is 2.34. The molecule has 0 aliphatic carbocycles. The van der Waals surface area contributed by atoms with Gasteiger partial charge in [0.15, 0.2) is 0 Å². The van der Waals surface area contributed by atoms with Gasteiger partial charge in [-0.05, 0) is 38.3 Å². The lowest BCUT2D eigenvalue weighted by Crippen LogP contribution is -2.51. The number of carboxylic acid groups (broad SMARTS) is 1. The molecule has 1 rings (SSSR count). The number of amides is 1. The van der Waals surface area contributed by atoms with Gasteiger partial charge >= 0.3 is 5.97 Å². The number of hydrogen-bond acceptors (Lipinski definition) is 3. The largest absolute Gasteiger partial charge is 0.493 e. The highest BCUT2D eigenvalue weighted by molar-refractivity contribution is 5.86. The van der Waals surface area contributed by atoms with Gasteiger partial charge in [0.1, 0.15) is 11.3 Å². The smallest absolute Gasteiger partial charge is 0.329 e. The molecule has 116 valence electrons. The van der Waals surface area contributed by atoms with Crippen molar-refractivity contribution >= 4 is 11.9 Å². The molecular formula is C16H23NO4. The van der Waals surface area contributed by atoms with Gasteiger partial charge in [0.25, 0.3) is 0 Å². The van der Waals surface area contributed by atoms with Crippen LogP contribution in [0, 0.1) is 6.92 Å². The monoisotopic (exact) mass is 293 g/mol. The molecule has 1 amide bonds. The van der Waals surface area contributed by atoms with Gasteiger partial charge in [-0.2, -0.15) is 0 Å². The van der Waals surface area contributed by atoms with Crippen LogP contribution >= 0.6 is 0 Å². The van der Waals surface area contributed by atoms with Crippen molar-refractivity contribution in [3.63, 3.8) is 0 Å². The van der Waals surface area contributed by atoms with Gasteiger partial charge in [-0.15, -0.1) is 0 Å². The predicted octanol–water partition coefficient (Wildman–Crippen LogP) is 2.52. The number of para-hydroxylation sites is 1. The fourth-order valence-electron chi connectivity index (χ4n) is 1.80. The average Bonchev–Trinajstić information content (AvgIpc) is 2.45. The lowest BCUT2D eigenvalue weighted by Gasteiger charge is -2.24. The van der Waals surface area contributed by atoms with Gasteiger partial charge < -0.3 is 15.2 Å². The summed E-state index contributed by atoms with van der Waals surface area (Å²) in [5.74, 6) is -0.480. The van der Waals surface area contributed by atoms with E-state index in [4.69, 9.17) is 9.84 Å². The third kappa shape index (κ3) is 5.10. The maximum atomic E-state index is 11.8. The van der Waals surface area contributed by atoms with E-state index in [0.717, 1.165) is 11.3 Å². The number of carbonyl (C=O) groups excluding carboxylic acids is 1. The Morgan fingerprint density at radius 1 is 1.33 bits per heavy atom. The van der Waals surface area contributed by atoms with Gasteiger partial charge in [0.2, 0.25) is 5.91 Å². The third-order valence-corrected chi connectivity index (χ3v) is 3.49. The summed E-state index contributed by atoms with van der Waals surface area (Å²) in [4.78, 5) is 22.9. The van der Waals surface area contributed by atoms with Crippen molar-refractivity contribution in [2.45, 2.75) is 45.6 Å². The van der Waals surface area contributed by atoms with Crippen LogP contribution in [0.5, 0.6) is 5.75 Å². The minimum Gasteiger partial charge on any atom is -0.493 e.